The van der Waals surface area contributed by atoms with Gasteiger partial charge in [0.25, 0.3) is 0 Å². The summed E-state index contributed by atoms with van der Waals surface area (Å²) < 4.78 is 0. The molecule has 0 saturated carbocycles. The van der Waals surface area contributed by atoms with Crippen molar-refractivity contribution >= 4 is 40.6 Å². The van der Waals surface area contributed by atoms with Crippen LogP contribution in [-0.2, 0) is 0 Å². The standard InChI is InChI=1S/C11H15Cl3N2/c1-6(2)7(3)16(4)11-9(13)5-8(12)10(14)15-11/h5-7H,1-4H3. The van der Waals surface area contributed by atoms with Crippen LogP contribution in [0.4, 0.5) is 5.82 Å². The van der Waals surface area contributed by atoms with Crippen LogP contribution in [-0.4, -0.2) is 18.1 Å². The molecule has 0 aliphatic heterocycles. The van der Waals surface area contributed by atoms with Gasteiger partial charge in [0.1, 0.15) is 11.0 Å². The molecule has 1 heterocycles. The molecule has 16 heavy (non-hydrogen) atoms. The van der Waals surface area contributed by atoms with E-state index in [9.17, 15) is 0 Å². The topological polar surface area (TPSA) is 16.1 Å². The second kappa shape index (κ2) is 5.44. The highest BCUT2D eigenvalue weighted by Gasteiger charge is 2.18. The highest BCUT2D eigenvalue weighted by Crippen LogP contribution is 2.32. The van der Waals surface area contributed by atoms with Crippen molar-refractivity contribution in [2.45, 2.75) is 26.8 Å². The van der Waals surface area contributed by atoms with E-state index in [2.05, 4.69) is 25.8 Å². The molecular formula is C11H15Cl3N2. The zero-order valence-electron chi connectivity index (χ0n) is 9.76. The monoisotopic (exact) mass is 280 g/mol. The summed E-state index contributed by atoms with van der Waals surface area (Å²) in [5.41, 5.74) is 0. The Bertz CT molecular complexity index is 380. The molecule has 0 bridgehead atoms. The van der Waals surface area contributed by atoms with Crippen molar-refractivity contribution in [2.24, 2.45) is 5.92 Å². The van der Waals surface area contributed by atoms with Crippen LogP contribution in [0.1, 0.15) is 20.8 Å². The van der Waals surface area contributed by atoms with Crippen molar-refractivity contribution in [3.63, 3.8) is 0 Å². The van der Waals surface area contributed by atoms with E-state index in [0.29, 0.717) is 27.8 Å². The van der Waals surface area contributed by atoms with Crippen LogP contribution < -0.4 is 4.90 Å². The number of hydrogen-bond acceptors (Lipinski definition) is 2. The van der Waals surface area contributed by atoms with Crippen LogP contribution in [0.25, 0.3) is 0 Å². The third kappa shape index (κ3) is 2.93. The lowest BCUT2D eigenvalue weighted by Gasteiger charge is -2.29. The van der Waals surface area contributed by atoms with Crippen molar-refractivity contribution < 1.29 is 0 Å². The molecule has 1 aromatic heterocycles. The van der Waals surface area contributed by atoms with E-state index in [0.717, 1.165) is 0 Å². The van der Waals surface area contributed by atoms with Gasteiger partial charge in [-0.3, -0.25) is 0 Å². The van der Waals surface area contributed by atoms with Gasteiger partial charge in [-0.15, -0.1) is 0 Å². The quantitative estimate of drug-likeness (QED) is 0.757. The zero-order chi connectivity index (χ0) is 12.5. The Kier molecular flexibility index (Phi) is 4.72. The number of halogens is 3. The van der Waals surface area contributed by atoms with Gasteiger partial charge in [0.05, 0.1) is 10.0 Å². The number of rotatable bonds is 3. The van der Waals surface area contributed by atoms with Crippen molar-refractivity contribution in [3.8, 4) is 0 Å². The van der Waals surface area contributed by atoms with Crippen molar-refractivity contribution in [2.75, 3.05) is 11.9 Å². The fourth-order valence-corrected chi connectivity index (χ4v) is 1.95. The minimum absolute atomic E-state index is 0.281. The molecule has 2 nitrogen and oxygen atoms in total. The number of anilines is 1. The average Bonchev–Trinajstić information content (AvgIpc) is 2.21. The molecule has 5 heteroatoms. The second-order valence-corrected chi connectivity index (χ2v) is 5.33. The van der Waals surface area contributed by atoms with Crippen LogP contribution in [0.5, 0.6) is 0 Å². The second-order valence-electron chi connectivity index (χ2n) is 4.16. The molecule has 0 spiro atoms. The van der Waals surface area contributed by atoms with Gasteiger partial charge in [-0.25, -0.2) is 4.98 Å². The summed E-state index contributed by atoms with van der Waals surface area (Å²) in [4.78, 5) is 6.21. The third-order valence-electron chi connectivity index (χ3n) is 2.78. The van der Waals surface area contributed by atoms with Crippen molar-refractivity contribution in [1.29, 1.82) is 0 Å². The van der Waals surface area contributed by atoms with Crippen LogP contribution in [0.15, 0.2) is 6.07 Å². The highest BCUT2D eigenvalue weighted by molar-refractivity contribution is 6.42. The maximum Gasteiger partial charge on any atom is 0.150 e. The Labute approximate surface area is 112 Å². The zero-order valence-corrected chi connectivity index (χ0v) is 12.0. The molecular weight excluding hydrogens is 266 g/mol. The molecule has 0 fully saturated rings. The molecule has 1 unspecified atom stereocenters. The SMILES string of the molecule is CC(C)C(C)N(C)c1nc(Cl)c(Cl)cc1Cl. The lowest BCUT2D eigenvalue weighted by Crippen LogP contribution is -2.34. The number of nitrogens with zero attached hydrogens (tertiary/aromatic N) is 2. The Hall–Kier alpha value is -0.180. The summed E-state index contributed by atoms with van der Waals surface area (Å²) in [5, 5.41) is 1.18. The van der Waals surface area contributed by atoms with E-state index >= 15 is 0 Å². The summed E-state index contributed by atoms with van der Waals surface area (Å²) in [6, 6.07) is 1.94. The highest BCUT2D eigenvalue weighted by atomic mass is 35.5. The molecule has 0 saturated heterocycles. The summed E-state index contributed by atoms with van der Waals surface area (Å²) in [5.74, 6) is 1.16. The van der Waals surface area contributed by atoms with E-state index in [1.807, 2.05) is 11.9 Å². The van der Waals surface area contributed by atoms with Crippen LogP contribution in [0.2, 0.25) is 15.2 Å². The molecule has 0 amide bonds. The van der Waals surface area contributed by atoms with Gasteiger partial charge < -0.3 is 4.90 Å². The normalized spacial score (nSPS) is 13.0. The molecule has 1 rings (SSSR count). The first kappa shape index (κ1) is 13.9. The molecule has 1 aromatic rings. The predicted molar refractivity (Wildman–Crippen MR) is 72.0 cm³/mol. The minimum Gasteiger partial charge on any atom is -0.355 e. The van der Waals surface area contributed by atoms with E-state index in [-0.39, 0.29) is 5.15 Å². The smallest absolute Gasteiger partial charge is 0.150 e. The van der Waals surface area contributed by atoms with Crippen molar-refractivity contribution in [1.82, 2.24) is 4.98 Å². The Balaban J connectivity index is 3.08. The minimum atomic E-state index is 0.281. The van der Waals surface area contributed by atoms with E-state index < -0.39 is 0 Å². The lowest BCUT2D eigenvalue weighted by molar-refractivity contribution is 0.503. The van der Waals surface area contributed by atoms with Crippen LogP contribution in [0, 0.1) is 5.92 Å². The van der Waals surface area contributed by atoms with Crippen molar-refractivity contribution in [3.05, 3.63) is 21.3 Å². The van der Waals surface area contributed by atoms with Gasteiger partial charge in [0.15, 0.2) is 0 Å². The molecule has 0 radical (unpaired) electrons. The van der Waals surface area contributed by atoms with Gasteiger partial charge in [-0.2, -0.15) is 0 Å². The van der Waals surface area contributed by atoms with Gasteiger partial charge >= 0.3 is 0 Å². The van der Waals surface area contributed by atoms with E-state index in [4.69, 9.17) is 34.8 Å². The van der Waals surface area contributed by atoms with Gasteiger partial charge in [0, 0.05) is 13.1 Å². The van der Waals surface area contributed by atoms with Crippen LogP contribution >= 0.6 is 34.8 Å². The Morgan fingerprint density at radius 1 is 1.12 bits per heavy atom. The molecule has 1 atom stereocenters. The average molecular weight is 282 g/mol. The molecule has 90 valence electrons. The van der Waals surface area contributed by atoms with Gasteiger partial charge in [-0.05, 0) is 18.9 Å². The molecule has 0 aliphatic carbocycles. The summed E-state index contributed by atoms with van der Waals surface area (Å²) in [6.45, 7) is 6.41. The summed E-state index contributed by atoms with van der Waals surface area (Å²) >= 11 is 17.8. The maximum absolute atomic E-state index is 6.10. The number of aromatic nitrogens is 1. The maximum atomic E-state index is 6.10. The molecule has 0 aromatic carbocycles. The first-order valence-electron chi connectivity index (χ1n) is 5.09. The fourth-order valence-electron chi connectivity index (χ4n) is 1.32. The van der Waals surface area contributed by atoms with E-state index in [1.165, 1.54) is 0 Å². The Morgan fingerprint density at radius 2 is 1.69 bits per heavy atom. The predicted octanol–water partition coefficient (Wildman–Crippen LogP) is 4.52. The largest absolute Gasteiger partial charge is 0.355 e. The van der Waals surface area contributed by atoms with E-state index in [1.54, 1.807) is 6.07 Å². The number of pyridine rings is 1. The first-order valence-corrected chi connectivity index (χ1v) is 6.22. The lowest BCUT2D eigenvalue weighted by atomic mass is 10.1. The number of hydrogen-bond donors (Lipinski definition) is 0. The fraction of sp³-hybridized carbons (Fsp3) is 0.545. The molecule has 0 N–H and O–H groups in total. The van der Waals surface area contributed by atoms with Gasteiger partial charge in [0.2, 0.25) is 0 Å². The summed E-state index contributed by atoms with van der Waals surface area (Å²) in [6.07, 6.45) is 0. The third-order valence-corrected chi connectivity index (χ3v) is 3.73. The molecule has 0 aliphatic rings. The Morgan fingerprint density at radius 3 is 2.19 bits per heavy atom. The van der Waals surface area contributed by atoms with Gasteiger partial charge in [-0.1, -0.05) is 48.7 Å². The summed E-state index contributed by atoms with van der Waals surface area (Å²) in [7, 11) is 1.95. The first-order chi connectivity index (χ1) is 7.34. The van der Waals surface area contributed by atoms with Crippen LogP contribution in [0.3, 0.4) is 0 Å².